The largest absolute Gasteiger partial charge is 0.283 e. The summed E-state index contributed by atoms with van der Waals surface area (Å²) in [5, 5.41) is 0. The predicted molar refractivity (Wildman–Crippen MR) is 63.6 cm³/mol. The van der Waals surface area contributed by atoms with Crippen LogP contribution in [0.5, 0.6) is 0 Å². The Kier molecular flexibility index (Phi) is 1.96. The summed E-state index contributed by atoms with van der Waals surface area (Å²) in [7, 11) is 0. The summed E-state index contributed by atoms with van der Waals surface area (Å²) in [6, 6.07) is 12.1. The summed E-state index contributed by atoms with van der Waals surface area (Å²) in [5.74, 6) is 0.902. The van der Waals surface area contributed by atoms with Gasteiger partial charge in [-0.3, -0.25) is 4.57 Å². The third-order valence-electron chi connectivity index (χ3n) is 2.60. The number of nitrogens with zero attached hydrogens (tertiary/aromatic N) is 3. The van der Waals surface area contributed by atoms with Gasteiger partial charge in [-0.1, -0.05) is 18.2 Å². The smallest absolute Gasteiger partial charge is 0.138 e. The molecule has 0 aliphatic rings. The van der Waals surface area contributed by atoms with Crippen molar-refractivity contribution in [2.24, 2.45) is 0 Å². The predicted octanol–water partition coefficient (Wildman–Crippen LogP) is 2.73. The highest BCUT2D eigenvalue weighted by molar-refractivity contribution is 5.76. The molecule has 0 aliphatic heterocycles. The summed E-state index contributed by atoms with van der Waals surface area (Å²) in [6.45, 7) is 2.03. The highest BCUT2D eigenvalue weighted by atomic mass is 15.1. The number of fused-ring (bicyclic) bond motifs is 1. The average Bonchev–Trinajstić information content (AvgIpc) is 2.74. The van der Waals surface area contributed by atoms with Gasteiger partial charge in [0.1, 0.15) is 12.1 Å². The Morgan fingerprint density at radius 1 is 1.00 bits per heavy atom. The fraction of sp³-hybridized carbons (Fsp3) is 0.0769. The standard InChI is InChI=1S/C13H11N3/c1-10-6-7-13(14-8-10)16-9-15-11-4-2-3-5-12(11)16/h2-9H,1H3. The van der Waals surface area contributed by atoms with Crippen LogP contribution in [0.4, 0.5) is 0 Å². The molecule has 0 spiro atoms. The van der Waals surface area contributed by atoms with Crippen LogP contribution in [-0.2, 0) is 0 Å². The first-order valence-electron chi connectivity index (χ1n) is 5.20. The second-order valence-corrected chi connectivity index (χ2v) is 3.80. The van der Waals surface area contributed by atoms with Crippen molar-refractivity contribution in [3.8, 4) is 5.82 Å². The Morgan fingerprint density at radius 2 is 1.88 bits per heavy atom. The molecule has 0 bridgehead atoms. The third kappa shape index (κ3) is 1.37. The second kappa shape index (κ2) is 3.45. The number of aromatic nitrogens is 3. The minimum absolute atomic E-state index is 0.902. The van der Waals surface area contributed by atoms with Gasteiger partial charge in [-0.25, -0.2) is 9.97 Å². The first-order valence-corrected chi connectivity index (χ1v) is 5.20. The van der Waals surface area contributed by atoms with E-state index in [1.165, 1.54) is 0 Å². The van der Waals surface area contributed by atoms with Crippen LogP contribution in [0, 0.1) is 6.92 Å². The molecule has 0 saturated heterocycles. The van der Waals surface area contributed by atoms with E-state index >= 15 is 0 Å². The van der Waals surface area contributed by atoms with Gasteiger partial charge >= 0.3 is 0 Å². The Labute approximate surface area is 93.4 Å². The molecule has 16 heavy (non-hydrogen) atoms. The molecule has 0 unspecified atom stereocenters. The first kappa shape index (κ1) is 9.09. The van der Waals surface area contributed by atoms with Crippen molar-refractivity contribution in [1.29, 1.82) is 0 Å². The zero-order chi connectivity index (χ0) is 11.0. The Balaban J connectivity index is 2.22. The Bertz CT molecular complexity index is 623. The quantitative estimate of drug-likeness (QED) is 0.617. The van der Waals surface area contributed by atoms with Crippen molar-refractivity contribution in [3.63, 3.8) is 0 Å². The normalized spacial score (nSPS) is 10.8. The van der Waals surface area contributed by atoms with E-state index < -0.39 is 0 Å². The van der Waals surface area contributed by atoms with Crippen LogP contribution in [-0.4, -0.2) is 14.5 Å². The number of aryl methyl sites for hydroxylation is 1. The van der Waals surface area contributed by atoms with Crippen LogP contribution < -0.4 is 0 Å². The van der Waals surface area contributed by atoms with Gasteiger partial charge in [0, 0.05) is 6.20 Å². The molecule has 0 N–H and O–H groups in total. The van der Waals surface area contributed by atoms with Crippen molar-refractivity contribution in [1.82, 2.24) is 14.5 Å². The minimum atomic E-state index is 0.902. The van der Waals surface area contributed by atoms with E-state index in [4.69, 9.17) is 0 Å². The molecule has 1 aromatic carbocycles. The van der Waals surface area contributed by atoms with E-state index in [0.717, 1.165) is 22.4 Å². The van der Waals surface area contributed by atoms with Gasteiger partial charge in [0.05, 0.1) is 11.0 Å². The number of rotatable bonds is 1. The van der Waals surface area contributed by atoms with E-state index in [9.17, 15) is 0 Å². The number of para-hydroxylation sites is 2. The van der Waals surface area contributed by atoms with Crippen LogP contribution in [0.15, 0.2) is 48.9 Å². The lowest BCUT2D eigenvalue weighted by Crippen LogP contribution is -1.95. The van der Waals surface area contributed by atoms with Crippen molar-refractivity contribution < 1.29 is 0 Å². The van der Waals surface area contributed by atoms with Gasteiger partial charge in [-0.15, -0.1) is 0 Å². The van der Waals surface area contributed by atoms with Gasteiger partial charge in [0.15, 0.2) is 0 Å². The first-order chi connectivity index (χ1) is 7.84. The SMILES string of the molecule is Cc1ccc(-n2cnc3ccccc32)nc1. The molecule has 0 atom stereocenters. The molecule has 0 saturated carbocycles. The van der Waals surface area contributed by atoms with Crippen LogP contribution in [0.3, 0.4) is 0 Å². The second-order valence-electron chi connectivity index (χ2n) is 3.80. The zero-order valence-corrected chi connectivity index (χ0v) is 8.96. The molecule has 0 amide bonds. The molecule has 3 nitrogen and oxygen atoms in total. The number of hydrogen-bond donors (Lipinski definition) is 0. The van der Waals surface area contributed by atoms with Gasteiger partial charge in [0.2, 0.25) is 0 Å². The maximum absolute atomic E-state index is 4.39. The molecule has 3 heteroatoms. The number of imidazole rings is 1. The molecule has 3 aromatic rings. The minimum Gasteiger partial charge on any atom is -0.283 e. The lowest BCUT2D eigenvalue weighted by atomic mass is 10.3. The van der Waals surface area contributed by atoms with Crippen LogP contribution in [0.2, 0.25) is 0 Å². The number of pyridine rings is 1. The van der Waals surface area contributed by atoms with Crippen molar-refractivity contribution in [2.45, 2.75) is 6.92 Å². The van der Waals surface area contributed by atoms with Crippen LogP contribution >= 0.6 is 0 Å². The van der Waals surface area contributed by atoms with Crippen LogP contribution in [0.1, 0.15) is 5.56 Å². The van der Waals surface area contributed by atoms with E-state index in [2.05, 4.69) is 16.0 Å². The van der Waals surface area contributed by atoms with Crippen molar-refractivity contribution in [2.75, 3.05) is 0 Å². The van der Waals surface area contributed by atoms with Crippen molar-refractivity contribution in [3.05, 3.63) is 54.5 Å². The van der Waals surface area contributed by atoms with E-state index in [0.29, 0.717) is 0 Å². The molecule has 3 rings (SSSR count). The number of hydrogen-bond acceptors (Lipinski definition) is 2. The van der Waals surface area contributed by atoms with E-state index in [-0.39, 0.29) is 0 Å². The summed E-state index contributed by atoms with van der Waals surface area (Å²) < 4.78 is 1.99. The Hall–Kier alpha value is -2.16. The summed E-state index contributed by atoms with van der Waals surface area (Å²) in [4.78, 5) is 8.73. The molecular weight excluding hydrogens is 198 g/mol. The number of benzene rings is 1. The monoisotopic (exact) mass is 209 g/mol. The summed E-state index contributed by atoms with van der Waals surface area (Å²) >= 11 is 0. The molecule has 0 aliphatic carbocycles. The van der Waals surface area contributed by atoms with Crippen molar-refractivity contribution >= 4 is 11.0 Å². The molecule has 0 fully saturated rings. The molecule has 78 valence electrons. The van der Waals surface area contributed by atoms with Gasteiger partial charge < -0.3 is 0 Å². The highest BCUT2D eigenvalue weighted by Crippen LogP contribution is 2.16. The van der Waals surface area contributed by atoms with Gasteiger partial charge in [-0.05, 0) is 30.7 Å². The Morgan fingerprint density at radius 3 is 2.69 bits per heavy atom. The van der Waals surface area contributed by atoms with Gasteiger partial charge in [0.25, 0.3) is 0 Å². The molecule has 2 aromatic heterocycles. The van der Waals surface area contributed by atoms with E-state index in [1.807, 2.05) is 54.3 Å². The topological polar surface area (TPSA) is 30.7 Å². The third-order valence-corrected chi connectivity index (χ3v) is 2.60. The van der Waals surface area contributed by atoms with Gasteiger partial charge in [-0.2, -0.15) is 0 Å². The lowest BCUT2D eigenvalue weighted by Gasteiger charge is -2.02. The molecular formula is C13H11N3. The zero-order valence-electron chi connectivity index (χ0n) is 8.96. The van der Waals surface area contributed by atoms with E-state index in [1.54, 1.807) is 0 Å². The highest BCUT2D eigenvalue weighted by Gasteiger charge is 2.03. The molecule has 0 radical (unpaired) electrons. The maximum Gasteiger partial charge on any atom is 0.138 e. The summed E-state index contributed by atoms with van der Waals surface area (Å²) in [6.07, 6.45) is 3.67. The lowest BCUT2D eigenvalue weighted by molar-refractivity contribution is 1.02. The molecule has 2 heterocycles. The fourth-order valence-electron chi connectivity index (χ4n) is 1.74. The summed E-state index contributed by atoms with van der Waals surface area (Å²) in [5.41, 5.74) is 3.23. The average molecular weight is 209 g/mol. The maximum atomic E-state index is 4.39. The van der Waals surface area contributed by atoms with Crippen LogP contribution in [0.25, 0.3) is 16.9 Å². The fourth-order valence-corrected chi connectivity index (χ4v) is 1.74.